The van der Waals surface area contributed by atoms with Crippen molar-refractivity contribution in [2.24, 2.45) is 5.92 Å². The van der Waals surface area contributed by atoms with E-state index in [0.29, 0.717) is 26.0 Å². The maximum Gasteiger partial charge on any atom is 0.330 e. The quantitative estimate of drug-likeness (QED) is 0.416. The van der Waals surface area contributed by atoms with E-state index in [0.717, 1.165) is 16.5 Å². The summed E-state index contributed by atoms with van der Waals surface area (Å²) in [7, 11) is 1.58. The van der Waals surface area contributed by atoms with Gasteiger partial charge >= 0.3 is 5.69 Å². The van der Waals surface area contributed by atoms with Crippen molar-refractivity contribution in [3.63, 3.8) is 0 Å². The Morgan fingerprint density at radius 1 is 1.25 bits per heavy atom. The molecule has 0 radical (unpaired) electrons. The van der Waals surface area contributed by atoms with Crippen LogP contribution in [0.25, 0.3) is 10.9 Å². The number of carbonyl (C=O) groups is 1. The summed E-state index contributed by atoms with van der Waals surface area (Å²) < 4.78 is 6.43. The molecule has 1 aromatic carbocycles. The normalized spacial score (nSPS) is 11.4. The molecular weight excluding hydrogens is 410 g/mol. The first-order chi connectivity index (χ1) is 15.3. The molecule has 3 aromatic rings. The largest absolute Gasteiger partial charge is 0.385 e. The predicted octanol–water partition coefficient (Wildman–Crippen LogP) is 2.26. The second-order valence-corrected chi connectivity index (χ2v) is 8.25. The molecule has 0 spiro atoms. The van der Waals surface area contributed by atoms with Crippen LogP contribution in [0.15, 0.2) is 40.1 Å². The zero-order valence-corrected chi connectivity index (χ0v) is 18.8. The van der Waals surface area contributed by atoms with Crippen LogP contribution < -0.4 is 21.9 Å². The fourth-order valence-corrected chi connectivity index (χ4v) is 3.83. The monoisotopic (exact) mass is 441 g/mol. The Kier molecular flexibility index (Phi) is 7.53. The first-order valence-electron chi connectivity index (χ1n) is 10.8. The lowest BCUT2D eigenvalue weighted by molar-refractivity contribution is -0.118. The van der Waals surface area contributed by atoms with E-state index < -0.39 is 11.2 Å². The van der Waals surface area contributed by atoms with Crippen molar-refractivity contribution in [1.29, 1.82) is 0 Å². The van der Waals surface area contributed by atoms with Crippen LogP contribution in [0.5, 0.6) is 0 Å². The zero-order valence-electron chi connectivity index (χ0n) is 18.8. The molecule has 0 fully saturated rings. The van der Waals surface area contributed by atoms with Crippen LogP contribution in [0.4, 0.5) is 11.5 Å². The Bertz CT molecular complexity index is 1190. The van der Waals surface area contributed by atoms with Crippen LogP contribution in [0.1, 0.15) is 32.3 Å². The lowest BCUT2D eigenvalue weighted by Gasteiger charge is -2.25. The second kappa shape index (κ2) is 10.3. The number of ether oxygens (including phenoxy) is 1. The van der Waals surface area contributed by atoms with Crippen molar-refractivity contribution < 1.29 is 9.53 Å². The number of benzene rings is 1. The summed E-state index contributed by atoms with van der Waals surface area (Å²) in [6.07, 6.45) is 3.12. The summed E-state index contributed by atoms with van der Waals surface area (Å²) in [6, 6.07) is 7.89. The van der Waals surface area contributed by atoms with Crippen molar-refractivity contribution in [2.75, 3.05) is 30.9 Å². The number of hydrogen-bond acceptors (Lipinski definition) is 5. The minimum Gasteiger partial charge on any atom is -0.385 e. The molecule has 9 heteroatoms. The second-order valence-electron chi connectivity index (χ2n) is 8.25. The lowest BCUT2D eigenvalue weighted by atomic mass is 10.1. The zero-order chi connectivity index (χ0) is 23.3. The Morgan fingerprint density at radius 3 is 2.72 bits per heavy atom. The number of carbonyl (C=O) groups excluding carboxylic acids is 1. The van der Waals surface area contributed by atoms with Gasteiger partial charge in [-0.05, 0) is 30.4 Å². The number of para-hydroxylation sites is 1. The molecule has 4 N–H and O–H groups in total. The van der Waals surface area contributed by atoms with E-state index in [2.05, 4.69) is 9.97 Å². The SMILES string of the molecule is COCCCN(C(=O)CCc1c[nH]c2ccccc12)c1c(N)n(CC(C)C)c(=O)[nH]c1=O. The molecule has 32 heavy (non-hydrogen) atoms. The minimum absolute atomic E-state index is 0.00492. The van der Waals surface area contributed by atoms with Crippen molar-refractivity contribution in [3.05, 3.63) is 56.9 Å². The molecule has 0 aliphatic rings. The molecular formula is C23H31N5O4. The summed E-state index contributed by atoms with van der Waals surface area (Å²) in [4.78, 5) is 45.2. The molecule has 3 rings (SSSR count). The topological polar surface area (TPSA) is 126 Å². The van der Waals surface area contributed by atoms with Crippen LogP contribution in [0.2, 0.25) is 0 Å². The number of methoxy groups -OCH3 is 1. The van der Waals surface area contributed by atoms with Gasteiger partial charge in [0.05, 0.1) is 0 Å². The number of amides is 1. The van der Waals surface area contributed by atoms with Gasteiger partial charge in [-0.1, -0.05) is 32.0 Å². The van der Waals surface area contributed by atoms with Crippen molar-refractivity contribution in [3.8, 4) is 0 Å². The highest BCUT2D eigenvalue weighted by Crippen LogP contribution is 2.22. The number of nitrogen functional groups attached to an aromatic ring is 1. The third-order valence-electron chi connectivity index (χ3n) is 5.35. The van der Waals surface area contributed by atoms with Crippen LogP contribution >= 0.6 is 0 Å². The number of rotatable bonds is 10. The summed E-state index contributed by atoms with van der Waals surface area (Å²) >= 11 is 0. The predicted molar refractivity (Wildman–Crippen MR) is 126 cm³/mol. The smallest absolute Gasteiger partial charge is 0.330 e. The molecule has 0 saturated heterocycles. The van der Waals surface area contributed by atoms with Gasteiger partial charge in [0.15, 0.2) is 5.69 Å². The molecule has 0 aliphatic heterocycles. The van der Waals surface area contributed by atoms with Gasteiger partial charge in [-0.15, -0.1) is 0 Å². The van der Waals surface area contributed by atoms with E-state index in [1.54, 1.807) is 7.11 Å². The van der Waals surface area contributed by atoms with Gasteiger partial charge in [-0.3, -0.25) is 19.1 Å². The van der Waals surface area contributed by atoms with Crippen LogP contribution in [0, 0.1) is 5.92 Å². The molecule has 172 valence electrons. The Labute approximate surface area is 186 Å². The summed E-state index contributed by atoms with van der Waals surface area (Å²) in [5.74, 6) is -0.100. The van der Waals surface area contributed by atoms with Gasteiger partial charge < -0.3 is 20.4 Å². The van der Waals surface area contributed by atoms with Crippen molar-refractivity contribution in [2.45, 2.75) is 39.7 Å². The first-order valence-corrected chi connectivity index (χ1v) is 10.8. The van der Waals surface area contributed by atoms with Gasteiger partial charge in [0.25, 0.3) is 5.56 Å². The summed E-state index contributed by atoms with van der Waals surface area (Å²) in [5, 5.41) is 1.06. The molecule has 0 saturated carbocycles. The highest BCUT2D eigenvalue weighted by atomic mass is 16.5. The van der Waals surface area contributed by atoms with Gasteiger partial charge in [-0.25, -0.2) is 4.79 Å². The van der Waals surface area contributed by atoms with E-state index in [1.165, 1.54) is 9.47 Å². The number of nitrogens with zero attached hydrogens (tertiary/aromatic N) is 2. The number of nitrogens with one attached hydrogen (secondary N) is 2. The standard InChI is InChI=1S/C23H31N5O4/c1-15(2)14-28-21(24)20(22(30)26-23(28)31)27(11-6-12-32-3)19(29)10-9-16-13-25-18-8-5-4-7-17(16)18/h4-5,7-8,13,15,25H,6,9-12,14,24H2,1-3H3,(H,26,30,31). The highest BCUT2D eigenvalue weighted by molar-refractivity contribution is 5.96. The number of anilines is 2. The number of aromatic amines is 2. The van der Waals surface area contributed by atoms with E-state index in [-0.39, 0.29) is 36.3 Å². The number of nitrogens with two attached hydrogens (primary N) is 1. The first kappa shape index (κ1) is 23.3. The van der Waals surface area contributed by atoms with Crippen molar-refractivity contribution in [1.82, 2.24) is 14.5 Å². The number of aromatic nitrogens is 3. The fourth-order valence-electron chi connectivity index (χ4n) is 3.83. The summed E-state index contributed by atoms with van der Waals surface area (Å²) in [5.41, 5.74) is 7.07. The molecule has 0 bridgehead atoms. The average molecular weight is 442 g/mol. The molecule has 1 amide bonds. The van der Waals surface area contributed by atoms with E-state index in [4.69, 9.17) is 10.5 Å². The number of fused-ring (bicyclic) bond motifs is 1. The van der Waals surface area contributed by atoms with E-state index in [1.807, 2.05) is 44.3 Å². The number of aryl methyl sites for hydroxylation is 1. The molecule has 2 aromatic heterocycles. The van der Waals surface area contributed by atoms with Crippen LogP contribution in [-0.4, -0.2) is 40.7 Å². The maximum atomic E-state index is 13.3. The van der Waals surface area contributed by atoms with Crippen LogP contribution in [-0.2, 0) is 22.5 Å². The molecule has 9 nitrogen and oxygen atoms in total. The minimum atomic E-state index is -0.662. The lowest BCUT2D eigenvalue weighted by Crippen LogP contribution is -2.42. The van der Waals surface area contributed by atoms with Gasteiger partial charge in [-0.2, -0.15) is 0 Å². The number of H-pyrrole nitrogens is 2. The Hall–Kier alpha value is -3.33. The Morgan fingerprint density at radius 2 is 2.00 bits per heavy atom. The Balaban J connectivity index is 1.91. The molecule has 0 atom stereocenters. The molecule has 0 unspecified atom stereocenters. The highest BCUT2D eigenvalue weighted by Gasteiger charge is 2.24. The van der Waals surface area contributed by atoms with Gasteiger partial charge in [0.1, 0.15) is 5.82 Å². The van der Waals surface area contributed by atoms with Crippen LogP contribution in [0.3, 0.4) is 0 Å². The third kappa shape index (κ3) is 5.11. The summed E-state index contributed by atoms with van der Waals surface area (Å²) in [6.45, 7) is 4.91. The maximum absolute atomic E-state index is 13.3. The van der Waals surface area contributed by atoms with E-state index in [9.17, 15) is 14.4 Å². The van der Waals surface area contributed by atoms with Crippen molar-refractivity contribution >= 4 is 28.3 Å². The third-order valence-corrected chi connectivity index (χ3v) is 5.35. The van der Waals surface area contributed by atoms with Gasteiger partial charge in [0, 0.05) is 50.3 Å². The fraction of sp³-hybridized carbons (Fsp3) is 0.435. The molecule has 2 heterocycles. The van der Waals surface area contributed by atoms with Gasteiger partial charge in [0.2, 0.25) is 5.91 Å². The molecule has 0 aliphatic carbocycles. The average Bonchev–Trinajstić information content (AvgIpc) is 3.17. The number of hydrogen-bond donors (Lipinski definition) is 3. The van der Waals surface area contributed by atoms with E-state index >= 15 is 0 Å².